The van der Waals surface area contributed by atoms with Gasteiger partial charge < -0.3 is 16.0 Å². The Morgan fingerprint density at radius 2 is 1.88 bits per heavy atom. The van der Waals surface area contributed by atoms with Crippen LogP contribution in [0.2, 0.25) is 10.0 Å². The fraction of sp³-hybridized carbons (Fsp3) is 0.158. The summed E-state index contributed by atoms with van der Waals surface area (Å²) in [5.41, 5.74) is 3.66. The summed E-state index contributed by atoms with van der Waals surface area (Å²) in [7, 11) is 0. The summed E-state index contributed by atoms with van der Waals surface area (Å²) in [4.78, 5) is 13.0. The predicted octanol–water partition coefficient (Wildman–Crippen LogP) is 4.73. The third-order valence-electron chi connectivity index (χ3n) is 4.18. The van der Waals surface area contributed by atoms with E-state index in [4.69, 9.17) is 35.4 Å². The van der Waals surface area contributed by atoms with Gasteiger partial charge in [-0.15, -0.1) is 0 Å². The zero-order chi connectivity index (χ0) is 18.8. The lowest BCUT2D eigenvalue weighted by molar-refractivity contribution is -0.113. The number of hydrogen-bond acceptors (Lipinski definition) is 2. The number of aryl methyl sites for hydroxylation is 1. The molecular weight excluding hydrogens is 389 g/mol. The molecule has 1 atom stereocenters. The van der Waals surface area contributed by atoms with E-state index in [0.29, 0.717) is 26.4 Å². The third-order valence-corrected chi connectivity index (χ3v) is 4.96. The Morgan fingerprint density at radius 1 is 1.15 bits per heavy atom. The average Bonchev–Trinajstić information content (AvgIpc) is 2.56. The number of carbonyl (C=O) groups excluding carboxylic acids is 1. The second-order valence-corrected chi connectivity index (χ2v) is 7.26. The first kappa shape index (κ1) is 18.7. The van der Waals surface area contributed by atoms with Crippen LogP contribution in [0.25, 0.3) is 0 Å². The normalized spacial score (nSPS) is 16.8. The lowest BCUT2D eigenvalue weighted by Gasteiger charge is -2.31. The zero-order valence-corrected chi connectivity index (χ0v) is 16.5. The van der Waals surface area contributed by atoms with Gasteiger partial charge in [-0.25, -0.2) is 0 Å². The summed E-state index contributed by atoms with van der Waals surface area (Å²) < 4.78 is 0. The van der Waals surface area contributed by atoms with Crippen LogP contribution in [0.1, 0.15) is 24.1 Å². The molecule has 0 unspecified atom stereocenters. The maximum Gasteiger partial charge on any atom is 0.255 e. The molecule has 0 spiro atoms. The molecule has 0 radical (unpaired) electrons. The molecule has 26 heavy (non-hydrogen) atoms. The molecule has 4 nitrogen and oxygen atoms in total. The molecule has 1 amide bonds. The SMILES string of the molecule is CC1=C(C(=O)Nc2ccccc2C)[C@@H](c2ccc(Cl)cc2Cl)NC(=S)N1. The van der Waals surface area contributed by atoms with Crippen molar-refractivity contribution in [3.8, 4) is 0 Å². The number of amides is 1. The van der Waals surface area contributed by atoms with Crippen molar-refractivity contribution in [3.05, 3.63) is 74.9 Å². The summed E-state index contributed by atoms with van der Waals surface area (Å²) in [5.74, 6) is -0.227. The van der Waals surface area contributed by atoms with Crippen LogP contribution in [0.15, 0.2) is 53.7 Å². The molecule has 0 aromatic heterocycles. The van der Waals surface area contributed by atoms with Crippen molar-refractivity contribution in [3.63, 3.8) is 0 Å². The van der Waals surface area contributed by atoms with Crippen molar-refractivity contribution >= 4 is 52.1 Å². The number of thiocarbonyl (C=S) groups is 1. The first-order valence-electron chi connectivity index (χ1n) is 7.97. The Labute approximate surface area is 167 Å². The fourth-order valence-electron chi connectivity index (χ4n) is 2.87. The summed E-state index contributed by atoms with van der Waals surface area (Å²) in [6, 6.07) is 12.3. The van der Waals surface area contributed by atoms with Gasteiger partial charge >= 0.3 is 0 Å². The summed E-state index contributed by atoms with van der Waals surface area (Å²) in [6.07, 6.45) is 0. The van der Waals surface area contributed by atoms with Gasteiger partial charge in [0.2, 0.25) is 0 Å². The lowest BCUT2D eigenvalue weighted by atomic mass is 9.94. The topological polar surface area (TPSA) is 53.2 Å². The van der Waals surface area contributed by atoms with Crippen LogP contribution in [0.4, 0.5) is 5.69 Å². The molecule has 0 bridgehead atoms. The number of para-hydroxylation sites is 1. The molecule has 7 heteroatoms. The van der Waals surface area contributed by atoms with Crippen LogP contribution in [-0.2, 0) is 4.79 Å². The highest BCUT2D eigenvalue weighted by Crippen LogP contribution is 2.33. The van der Waals surface area contributed by atoms with E-state index in [2.05, 4.69) is 16.0 Å². The van der Waals surface area contributed by atoms with Gasteiger partial charge in [0.25, 0.3) is 5.91 Å². The van der Waals surface area contributed by atoms with Crippen LogP contribution in [0.5, 0.6) is 0 Å². The van der Waals surface area contributed by atoms with Crippen LogP contribution in [0.3, 0.4) is 0 Å². The van der Waals surface area contributed by atoms with Crippen LogP contribution in [0, 0.1) is 6.92 Å². The van der Waals surface area contributed by atoms with E-state index >= 15 is 0 Å². The van der Waals surface area contributed by atoms with E-state index in [1.54, 1.807) is 18.2 Å². The minimum absolute atomic E-state index is 0.227. The van der Waals surface area contributed by atoms with Gasteiger partial charge in [-0.3, -0.25) is 4.79 Å². The summed E-state index contributed by atoms with van der Waals surface area (Å²) in [6.45, 7) is 3.76. The second kappa shape index (κ2) is 7.66. The highest BCUT2D eigenvalue weighted by Gasteiger charge is 2.31. The maximum absolute atomic E-state index is 13.0. The number of nitrogens with one attached hydrogen (secondary N) is 3. The molecule has 3 rings (SSSR count). The molecule has 1 aliphatic rings. The Morgan fingerprint density at radius 3 is 2.58 bits per heavy atom. The van der Waals surface area contributed by atoms with Crippen molar-refractivity contribution in [1.29, 1.82) is 0 Å². The first-order chi connectivity index (χ1) is 12.4. The van der Waals surface area contributed by atoms with Gasteiger partial charge in [0.05, 0.1) is 11.6 Å². The van der Waals surface area contributed by atoms with Crippen LogP contribution < -0.4 is 16.0 Å². The van der Waals surface area contributed by atoms with Crippen LogP contribution >= 0.6 is 35.4 Å². The largest absolute Gasteiger partial charge is 0.351 e. The Balaban J connectivity index is 2.00. The molecule has 2 aromatic rings. The number of carbonyl (C=O) groups is 1. The molecule has 3 N–H and O–H groups in total. The second-order valence-electron chi connectivity index (χ2n) is 6.01. The summed E-state index contributed by atoms with van der Waals surface area (Å²) in [5, 5.41) is 10.5. The lowest BCUT2D eigenvalue weighted by Crippen LogP contribution is -2.45. The molecule has 2 aromatic carbocycles. The first-order valence-corrected chi connectivity index (χ1v) is 9.13. The number of halogens is 2. The van der Waals surface area contributed by atoms with E-state index in [1.807, 2.05) is 38.1 Å². The van der Waals surface area contributed by atoms with Crippen molar-refractivity contribution in [1.82, 2.24) is 10.6 Å². The number of benzene rings is 2. The Bertz CT molecular complexity index is 927. The average molecular weight is 406 g/mol. The van der Waals surface area contributed by atoms with Crippen LogP contribution in [-0.4, -0.2) is 11.0 Å². The van der Waals surface area contributed by atoms with Crippen molar-refractivity contribution < 1.29 is 4.79 Å². The predicted molar refractivity (Wildman–Crippen MR) is 111 cm³/mol. The van der Waals surface area contributed by atoms with E-state index in [9.17, 15) is 4.79 Å². The van der Waals surface area contributed by atoms with E-state index < -0.39 is 6.04 Å². The highest BCUT2D eigenvalue weighted by molar-refractivity contribution is 7.80. The standard InChI is InChI=1S/C19H17Cl2N3OS/c1-10-5-3-4-6-15(10)23-18(25)16-11(2)22-19(26)24-17(16)13-8-7-12(20)9-14(13)21/h3-9,17H,1-2H3,(H,23,25)(H2,22,24,26)/t17-/m1/s1. The number of allylic oxidation sites excluding steroid dienone is 1. The highest BCUT2D eigenvalue weighted by atomic mass is 35.5. The van der Waals surface area contributed by atoms with E-state index in [0.717, 1.165) is 16.8 Å². The number of anilines is 1. The van der Waals surface area contributed by atoms with Gasteiger partial charge in [-0.1, -0.05) is 47.5 Å². The van der Waals surface area contributed by atoms with Gasteiger partial charge in [0.15, 0.2) is 5.11 Å². The summed E-state index contributed by atoms with van der Waals surface area (Å²) >= 11 is 17.6. The quantitative estimate of drug-likeness (QED) is 0.645. The molecule has 0 saturated heterocycles. The van der Waals surface area contributed by atoms with Gasteiger partial charge in [0.1, 0.15) is 0 Å². The molecule has 0 saturated carbocycles. The van der Waals surface area contributed by atoms with E-state index in [-0.39, 0.29) is 5.91 Å². The minimum atomic E-state index is -0.475. The zero-order valence-electron chi connectivity index (χ0n) is 14.2. The van der Waals surface area contributed by atoms with Gasteiger partial charge in [0, 0.05) is 21.4 Å². The monoisotopic (exact) mass is 405 g/mol. The van der Waals surface area contributed by atoms with Crippen molar-refractivity contribution in [2.75, 3.05) is 5.32 Å². The Kier molecular flexibility index (Phi) is 5.51. The maximum atomic E-state index is 13.0. The molecule has 1 aliphatic heterocycles. The van der Waals surface area contributed by atoms with Crippen molar-refractivity contribution in [2.45, 2.75) is 19.9 Å². The number of rotatable bonds is 3. The van der Waals surface area contributed by atoms with E-state index in [1.165, 1.54) is 0 Å². The molecule has 134 valence electrons. The molecule has 0 fully saturated rings. The van der Waals surface area contributed by atoms with Gasteiger partial charge in [-0.2, -0.15) is 0 Å². The van der Waals surface area contributed by atoms with Crippen molar-refractivity contribution in [2.24, 2.45) is 0 Å². The minimum Gasteiger partial charge on any atom is -0.351 e. The third kappa shape index (κ3) is 3.85. The number of hydrogen-bond donors (Lipinski definition) is 3. The smallest absolute Gasteiger partial charge is 0.255 e. The molecular formula is C19H17Cl2N3OS. The Hall–Kier alpha value is -2.08. The van der Waals surface area contributed by atoms with Gasteiger partial charge in [-0.05, 0) is 55.4 Å². The molecule has 0 aliphatic carbocycles. The molecule has 1 heterocycles. The fourth-order valence-corrected chi connectivity index (χ4v) is 3.66.